The van der Waals surface area contributed by atoms with Crippen molar-refractivity contribution < 1.29 is 18.0 Å². The van der Waals surface area contributed by atoms with Crippen molar-refractivity contribution >= 4 is 23.1 Å². The van der Waals surface area contributed by atoms with Gasteiger partial charge in [-0.2, -0.15) is 13.2 Å². The Balaban J connectivity index is 3.79. The van der Waals surface area contributed by atoms with E-state index < -0.39 is 24.9 Å². The summed E-state index contributed by atoms with van der Waals surface area (Å²) in [6.45, 7) is 1.63. The van der Waals surface area contributed by atoms with Crippen LogP contribution in [0.3, 0.4) is 0 Å². The molecule has 0 fully saturated rings. The molecule has 0 aromatic carbocycles. The summed E-state index contributed by atoms with van der Waals surface area (Å²) < 4.78 is 35.2. The second kappa shape index (κ2) is 5.89. The van der Waals surface area contributed by atoms with Crippen molar-refractivity contribution in [2.24, 2.45) is 5.73 Å². The van der Waals surface area contributed by atoms with Crippen LogP contribution in [0.15, 0.2) is 0 Å². The van der Waals surface area contributed by atoms with Crippen molar-refractivity contribution in [2.45, 2.75) is 38.4 Å². The number of alkyl halides is 3. The van der Waals surface area contributed by atoms with Crippen molar-refractivity contribution in [3.63, 3.8) is 0 Å². The van der Waals surface area contributed by atoms with Gasteiger partial charge in [0.25, 0.3) is 0 Å². The van der Waals surface area contributed by atoms with Gasteiger partial charge in [-0.1, -0.05) is 12.2 Å². The second-order valence-electron chi connectivity index (χ2n) is 3.25. The molecule has 0 saturated carbocycles. The van der Waals surface area contributed by atoms with E-state index >= 15 is 0 Å². The van der Waals surface area contributed by atoms with E-state index in [0.717, 1.165) is 0 Å². The number of thiocarbonyl (C=S) groups is 1. The van der Waals surface area contributed by atoms with Crippen LogP contribution in [0.4, 0.5) is 13.2 Å². The summed E-state index contributed by atoms with van der Waals surface area (Å²) in [5.74, 6) is -0.643. The molecule has 0 aromatic rings. The normalized spacial score (nSPS) is 13.3. The molecule has 15 heavy (non-hydrogen) atoms. The van der Waals surface area contributed by atoms with Crippen molar-refractivity contribution in [3.8, 4) is 0 Å². The Morgan fingerprint density at radius 3 is 2.47 bits per heavy atom. The zero-order valence-electron chi connectivity index (χ0n) is 8.23. The molecule has 0 radical (unpaired) electrons. The minimum absolute atomic E-state index is 0.221. The number of carbonyl (C=O) groups is 1. The Kier molecular flexibility index (Phi) is 5.56. The Bertz CT molecular complexity index is 243. The van der Waals surface area contributed by atoms with E-state index in [4.69, 9.17) is 5.73 Å². The van der Waals surface area contributed by atoms with Crippen LogP contribution in [0.2, 0.25) is 0 Å². The van der Waals surface area contributed by atoms with Gasteiger partial charge in [-0.25, -0.2) is 0 Å². The maximum Gasteiger partial charge on any atom is 0.389 e. The van der Waals surface area contributed by atoms with Gasteiger partial charge in [-0.3, -0.25) is 4.79 Å². The lowest BCUT2D eigenvalue weighted by Gasteiger charge is -2.13. The SMILES string of the molecule is CC(CC(N)=S)NC(=O)CCC(F)(F)F. The summed E-state index contributed by atoms with van der Waals surface area (Å²) in [5, 5.41) is 2.38. The maximum absolute atomic E-state index is 11.7. The molecule has 0 rings (SSSR count). The maximum atomic E-state index is 11.7. The van der Waals surface area contributed by atoms with Crippen LogP contribution in [0, 0.1) is 0 Å². The Morgan fingerprint density at radius 1 is 1.53 bits per heavy atom. The minimum atomic E-state index is -4.30. The fraction of sp³-hybridized carbons (Fsp3) is 0.750. The van der Waals surface area contributed by atoms with Gasteiger partial charge < -0.3 is 11.1 Å². The summed E-state index contributed by atoms with van der Waals surface area (Å²) in [4.78, 5) is 11.2. The summed E-state index contributed by atoms with van der Waals surface area (Å²) in [7, 11) is 0. The first kappa shape index (κ1) is 14.2. The highest BCUT2D eigenvalue weighted by Crippen LogP contribution is 2.20. The van der Waals surface area contributed by atoms with E-state index in [2.05, 4.69) is 17.5 Å². The first-order chi connectivity index (χ1) is 6.70. The lowest BCUT2D eigenvalue weighted by Crippen LogP contribution is -2.35. The lowest BCUT2D eigenvalue weighted by molar-refractivity contribution is -0.144. The highest BCUT2D eigenvalue weighted by atomic mass is 32.1. The highest BCUT2D eigenvalue weighted by molar-refractivity contribution is 7.80. The number of nitrogens with one attached hydrogen (secondary N) is 1. The average molecular weight is 242 g/mol. The van der Waals surface area contributed by atoms with E-state index in [1.807, 2.05) is 0 Å². The van der Waals surface area contributed by atoms with Crippen molar-refractivity contribution in [1.82, 2.24) is 5.32 Å². The van der Waals surface area contributed by atoms with Crippen LogP contribution < -0.4 is 11.1 Å². The molecule has 3 nitrogen and oxygen atoms in total. The smallest absolute Gasteiger partial charge is 0.389 e. The third kappa shape index (κ3) is 9.45. The first-order valence-electron chi connectivity index (χ1n) is 4.35. The van der Waals surface area contributed by atoms with Crippen LogP contribution in [-0.2, 0) is 4.79 Å². The molecule has 1 atom stereocenters. The van der Waals surface area contributed by atoms with Gasteiger partial charge in [0.2, 0.25) is 5.91 Å². The monoisotopic (exact) mass is 242 g/mol. The van der Waals surface area contributed by atoms with Gasteiger partial charge >= 0.3 is 6.18 Å². The van der Waals surface area contributed by atoms with Crippen molar-refractivity contribution in [1.29, 1.82) is 0 Å². The molecule has 0 aliphatic heterocycles. The predicted octanol–water partition coefficient (Wildman–Crippen LogP) is 1.51. The van der Waals surface area contributed by atoms with E-state index in [9.17, 15) is 18.0 Å². The van der Waals surface area contributed by atoms with Gasteiger partial charge in [-0.05, 0) is 6.92 Å². The van der Waals surface area contributed by atoms with Gasteiger partial charge in [0.15, 0.2) is 0 Å². The molecular weight excluding hydrogens is 229 g/mol. The molecular formula is C8H13F3N2OS. The average Bonchev–Trinajstić information content (AvgIpc) is 1.97. The number of halogens is 3. The molecule has 1 amide bonds. The molecule has 0 heterocycles. The number of carbonyl (C=O) groups excluding carboxylic acids is 1. The quantitative estimate of drug-likeness (QED) is 0.718. The molecule has 7 heteroatoms. The van der Waals surface area contributed by atoms with Crippen molar-refractivity contribution in [2.75, 3.05) is 0 Å². The standard InChI is InChI=1S/C8H13F3N2OS/c1-5(4-6(12)15)13-7(14)2-3-8(9,10)11/h5H,2-4H2,1H3,(H2,12,15)(H,13,14). The molecule has 0 saturated heterocycles. The molecule has 1 unspecified atom stereocenters. The molecule has 88 valence electrons. The number of rotatable bonds is 5. The Hall–Kier alpha value is -0.850. The number of hydrogen-bond donors (Lipinski definition) is 2. The third-order valence-electron chi connectivity index (χ3n) is 1.55. The summed E-state index contributed by atoms with van der Waals surface area (Å²) in [6.07, 6.45) is -5.69. The Labute approximate surface area is 91.2 Å². The topological polar surface area (TPSA) is 55.1 Å². The predicted molar refractivity (Wildman–Crippen MR) is 54.3 cm³/mol. The fourth-order valence-electron chi connectivity index (χ4n) is 0.955. The highest BCUT2D eigenvalue weighted by Gasteiger charge is 2.28. The summed E-state index contributed by atoms with van der Waals surface area (Å²) in [6, 6.07) is -0.330. The zero-order valence-corrected chi connectivity index (χ0v) is 9.04. The van der Waals surface area contributed by atoms with Gasteiger partial charge in [0, 0.05) is 18.9 Å². The second-order valence-corrected chi connectivity index (χ2v) is 3.78. The van der Waals surface area contributed by atoms with Crippen LogP contribution in [-0.4, -0.2) is 23.1 Å². The summed E-state index contributed by atoms with van der Waals surface area (Å²) >= 11 is 4.59. The molecule has 0 aliphatic rings. The van der Waals surface area contributed by atoms with E-state index in [1.165, 1.54) is 0 Å². The van der Waals surface area contributed by atoms with E-state index in [0.29, 0.717) is 0 Å². The van der Waals surface area contributed by atoms with E-state index in [-0.39, 0.29) is 17.5 Å². The van der Waals surface area contributed by atoms with Crippen molar-refractivity contribution in [3.05, 3.63) is 0 Å². The Morgan fingerprint density at radius 2 is 2.07 bits per heavy atom. The van der Waals surface area contributed by atoms with Gasteiger partial charge in [0.1, 0.15) is 0 Å². The van der Waals surface area contributed by atoms with Crippen LogP contribution in [0.25, 0.3) is 0 Å². The first-order valence-corrected chi connectivity index (χ1v) is 4.76. The minimum Gasteiger partial charge on any atom is -0.393 e. The lowest BCUT2D eigenvalue weighted by atomic mass is 10.2. The van der Waals surface area contributed by atoms with E-state index in [1.54, 1.807) is 6.92 Å². The number of nitrogens with two attached hydrogens (primary N) is 1. The van der Waals surface area contributed by atoms with Crippen LogP contribution >= 0.6 is 12.2 Å². The van der Waals surface area contributed by atoms with Gasteiger partial charge in [0.05, 0.1) is 11.4 Å². The number of amides is 1. The van der Waals surface area contributed by atoms with Crippen LogP contribution in [0.1, 0.15) is 26.2 Å². The van der Waals surface area contributed by atoms with Gasteiger partial charge in [-0.15, -0.1) is 0 Å². The molecule has 0 aliphatic carbocycles. The molecule has 0 bridgehead atoms. The fourth-order valence-corrected chi connectivity index (χ4v) is 1.21. The summed E-state index contributed by atoms with van der Waals surface area (Å²) in [5.41, 5.74) is 5.21. The largest absolute Gasteiger partial charge is 0.393 e. The zero-order chi connectivity index (χ0) is 12.1. The molecule has 0 aromatic heterocycles. The number of hydrogen-bond acceptors (Lipinski definition) is 2. The molecule has 0 spiro atoms. The molecule has 3 N–H and O–H groups in total. The third-order valence-corrected chi connectivity index (χ3v) is 1.72. The van der Waals surface area contributed by atoms with Crippen LogP contribution in [0.5, 0.6) is 0 Å².